The first-order valence-electron chi connectivity index (χ1n) is 5.95. The molecule has 0 aromatic heterocycles. The Labute approximate surface area is 113 Å². The molecule has 0 bridgehead atoms. The maximum absolute atomic E-state index is 12.0. The number of amides is 1. The second-order valence-electron chi connectivity index (χ2n) is 4.38. The van der Waals surface area contributed by atoms with Gasteiger partial charge in [0.05, 0.1) is 4.90 Å². The molecular formula is C12H19N3O3S. The Morgan fingerprint density at radius 1 is 1.32 bits per heavy atom. The fourth-order valence-corrected chi connectivity index (χ4v) is 2.92. The lowest BCUT2D eigenvalue weighted by atomic mass is 10.2. The largest absolute Gasteiger partial charge is 0.370 e. The summed E-state index contributed by atoms with van der Waals surface area (Å²) in [6.07, 6.45) is 0.663. The first-order valence-corrected chi connectivity index (χ1v) is 7.43. The van der Waals surface area contributed by atoms with E-state index >= 15 is 0 Å². The van der Waals surface area contributed by atoms with Crippen molar-refractivity contribution in [1.29, 1.82) is 0 Å². The van der Waals surface area contributed by atoms with Crippen LogP contribution in [0.5, 0.6) is 0 Å². The van der Waals surface area contributed by atoms with Crippen molar-refractivity contribution in [2.75, 3.05) is 6.54 Å². The van der Waals surface area contributed by atoms with Crippen LogP contribution in [0.25, 0.3) is 0 Å². The van der Waals surface area contributed by atoms with Crippen molar-refractivity contribution in [3.8, 4) is 0 Å². The van der Waals surface area contributed by atoms with Crippen LogP contribution in [-0.4, -0.2) is 26.9 Å². The van der Waals surface area contributed by atoms with Crippen molar-refractivity contribution in [1.82, 2.24) is 4.72 Å². The maximum atomic E-state index is 12.0. The molecular weight excluding hydrogens is 266 g/mol. The minimum absolute atomic E-state index is 0.0372. The molecule has 19 heavy (non-hydrogen) atoms. The van der Waals surface area contributed by atoms with Gasteiger partial charge in [0.15, 0.2) is 0 Å². The predicted octanol–water partition coefficient (Wildman–Crippen LogP) is -0.270. The summed E-state index contributed by atoms with van der Waals surface area (Å²) in [6, 6.07) is 5.95. The molecule has 106 valence electrons. The molecule has 0 saturated heterocycles. The van der Waals surface area contributed by atoms with Gasteiger partial charge in [-0.3, -0.25) is 4.79 Å². The van der Waals surface area contributed by atoms with E-state index < -0.39 is 22.0 Å². The van der Waals surface area contributed by atoms with Crippen LogP contribution in [0.4, 0.5) is 0 Å². The van der Waals surface area contributed by atoms with Crippen LogP contribution in [0.1, 0.15) is 18.9 Å². The minimum Gasteiger partial charge on any atom is -0.370 e. The van der Waals surface area contributed by atoms with Crippen LogP contribution in [0, 0.1) is 0 Å². The highest BCUT2D eigenvalue weighted by Crippen LogP contribution is 2.11. The third-order valence-corrected chi connectivity index (χ3v) is 4.14. The summed E-state index contributed by atoms with van der Waals surface area (Å²) in [4.78, 5) is 10.9. The summed E-state index contributed by atoms with van der Waals surface area (Å²) < 4.78 is 26.4. The number of nitrogens with two attached hydrogens (primary N) is 2. The quantitative estimate of drug-likeness (QED) is 0.639. The van der Waals surface area contributed by atoms with Gasteiger partial charge in [0.25, 0.3) is 0 Å². The second-order valence-corrected chi connectivity index (χ2v) is 6.09. The van der Waals surface area contributed by atoms with Gasteiger partial charge in [-0.2, -0.15) is 0 Å². The molecule has 0 spiro atoms. The highest BCUT2D eigenvalue weighted by Gasteiger charge is 2.18. The summed E-state index contributed by atoms with van der Waals surface area (Å²) in [5.74, 6) is -0.548. The van der Waals surface area contributed by atoms with Crippen LogP contribution < -0.4 is 16.2 Å². The van der Waals surface area contributed by atoms with E-state index in [1.807, 2.05) is 0 Å². The molecule has 1 aromatic carbocycles. The maximum Gasteiger partial charge on any atom is 0.240 e. The minimum atomic E-state index is -3.63. The first kappa shape index (κ1) is 15.6. The molecule has 0 aliphatic rings. The fraction of sp³-hybridized carbons (Fsp3) is 0.417. The number of sulfonamides is 1. The summed E-state index contributed by atoms with van der Waals surface area (Å²) in [5, 5.41) is 0. The molecule has 5 N–H and O–H groups in total. The molecule has 0 saturated carbocycles. The van der Waals surface area contributed by atoms with Crippen LogP contribution >= 0.6 is 0 Å². The normalized spacial score (nSPS) is 13.2. The SMILES string of the molecule is CC(CC(N)=O)NS(=O)(=O)c1ccc(CCN)cc1. The van der Waals surface area contributed by atoms with Gasteiger partial charge in [-0.1, -0.05) is 12.1 Å². The van der Waals surface area contributed by atoms with Crippen molar-refractivity contribution in [3.63, 3.8) is 0 Å². The third kappa shape index (κ3) is 4.98. The van der Waals surface area contributed by atoms with Gasteiger partial charge < -0.3 is 11.5 Å². The molecule has 0 fully saturated rings. The lowest BCUT2D eigenvalue weighted by Gasteiger charge is -2.12. The molecule has 0 aliphatic carbocycles. The fourth-order valence-electron chi connectivity index (χ4n) is 1.68. The Hall–Kier alpha value is -1.44. The Balaban J connectivity index is 2.79. The van der Waals surface area contributed by atoms with Crippen molar-refractivity contribution in [2.24, 2.45) is 11.5 Å². The predicted molar refractivity (Wildman–Crippen MR) is 72.8 cm³/mol. The highest BCUT2D eigenvalue weighted by atomic mass is 32.2. The van der Waals surface area contributed by atoms with Crippen LogP contribution in [0.15, 0.2) is 29.2 Å². The van der Waals surface area contributed by atoms with Crippen LogP contribution in [0.2, 0.25) is 0 Å². The molecule has 1 rings (SSSR count). The van der Waals surface area contributed by atoms with Gasteiger partial charge in [0.2, 0.25) is 15.9 Å². The average molecular weight is 285 g/mol. The van der Waals surface area contributed by atoms with E-state index in [1.54, 1.807) is 19.1 Å². The number of benzene rings is 1. The van der Waals surface area contributed by atoms with Gasteiger partial charge in [0, 0.05) is 12.5 Å². The van der Waals surface area contributed by atoms with E-state index in [4.69, 9.17) is 11.5 Å². The van der Waals surface area contributed by atoms with Gasteiger partial charge >= 0.3 is 0 Å². The number of hydrogen-bond acceptors (Lipinski definition) is 4. The molecule has 1 unspecified atom stereocenters. The van der Waals surface area contributed by atoms with E-state index in [0.29, 0.717) is 13.0 Å². The number of rotatable bonds is 7. The first-order chi connectivity index (χ1) is 8.85. The summed E-state index contributed by atoms with van der Waals surface area (Å²) in [6.45, 7) is 2.10. The van der Waals surface area contributed by atoms with Crippen molar-refractivity contribution >= 4 is 15.9 Å². The number of carbonyl (C=O) groups is 1. The van der Waals surface area contributed by atoms with E-state index in [9.17, 15) is 13.2 Å². The van der Waals surface area contributed by atoms with E-state index in [2.05, 4.69) is 4.72 Å². The Kier molecular flexibility index (Phi) is 5.46. The van der Waals surface area contributed by atoms with Crippen molar-refractivity contribution in [2.45, 2.75) is 30.7 Å². The standard InChI is InChI=1S/C12H19N3O3S/c1-9(8-12(14)16)15-19(17,18)11-4-2-10(3-5-11)6-7-13/h2-5,9,15H,6-8,13H2,1H3,(H2,14,16). The van der Waals surface area contributed by atoms with Crippen molar-refractivity contribution in [3.05, 3.63) is 29.8 Å². The molecule has 1 aromatic rings. The molecule has 1 amide bonds. The summed E-state index contributed by atoms with van der Waals surface area (Å²) >= 11 is 0. The van der Waals surface area contributed by atoms with Gasteiger partial charge in [-0.05, 0) is 37.6 Å². The van der Waals surface area contributed by atoms with Gasteiger partial charge in [-0.15, -0.1) is 0 Å². The monoisotopic (exact) mass is 285 g/mol. The number of nitrogens with one attached hydrogen (secondary N) is 1. The van der Waals surface area contributed by atoms with E-state index in [1.165, 1.54) is 12.1 Å². The molecule has 7 heteroatoms. The number of primary amides is 1. The third-order valence-electron chi connectivity index (χ3n) is 2.53. The summed E-state index contributed by atoms with van der Waals surface area (Å²) in [5.41, 5.74) is 11.4. The van der Waals surface area contributed by atoms with E-state index in [0.717, 1.165) is 5.56 Å². The average Bonchev–Trinajstić information content (AvgIpc) is 2.28. The lowest BCUT2D eigenvalue weighted by molar-refractivity contribution is -0.118. The second kappa shape index (κ2) is 6.65. The van der Waals surface area contributed by atoms with Crippen LogP contribution in [0.3, 0.4) is 0 Å². The summed E-state index contributed by atoms with van der Waals surface area (Å²) in [7, 11) is -3.63. The lowest BCUT2D eigenvalue weighted by Crippen LogP contribution is -2.35. The Morgan fingerprint density at radius 3 is 2.37 bits per heavy atom. The number of carbonyl (C=O) groups excluding carboxylic acids is 1. The van der Waals surface area contributed by atoms with Crippen molar-refractivity contribution < 1.29 is 13.2 Å². The van der Waals surface area contributed by atoms with Gasteiger partial charge in [-0.25, -0.2) is 13.1 Å². The number of hydrogen-bond donors (Lipinski definition) is 3. The zero-order valence-corrected chi connectivity index (χ0v) is 11.6. The van der Waals surface area contributed by atoms with Gasteiger partial charge in [0.1, 0.15) is 0 Å². The molecule has 1 atom stereocenters. The topological polar surface area (TPSA) is 115 Å². The smallest absolute Gasteiger partial charge is 0.240 e. The Bertz CT molecular complexity index is 526. The van der Waals surface area contributed by atoms with E-state index in [-0.39, 0.29) is 11.3 Å². The molecule has 0 heterocycles. The highest BCUT2D eigenvalue weighted by molar-refractivity contribution is 7.89. The molecule has 6 nitrogen and oxygen atoms in total. The zero-order valence-electron chi connectivity index (χ0n) is 10.8. The Morgan fingerprint density at radius 2 is 1.89 bits per heavy atom. The van der Waals surface area contributed by atoms with Crippen LogP contribution in [-0.2, 0) is 21.2 Å². The molecule has 0 aliphatic heterocycles. The molecule has 0 radical (unpaired) electrons. The zero-order chi connectivity index (χ0) is 14.5.